The normalized spacial score (nSPS) is 15.1. The number of ether oxygens (including phenoxy) is 1. The van der Waals surface area contributed by atoms with Gasteiger partial charge in [0, 0.05) is 43.6 Å². The molecule has 1 aliphatic heterocycles. The van der Waals surface area contributed by atoms with Gasteiger partial charge in [0.05, 0.1) is 23.9 Å². The molecule has 10 heteroatoms. The summed E-state index contributed by atoms with van der Waals surface area (Å²) in [5.41, 5.74) is 1.73. The number of sulfonamides is 1. The van der Waals surface area contributed by atoms with Crippen LogP contribution in [0.4, 0.5) is 5.69 Å². The van der Waals surface area contributed by atoms with E-state index in [0.29, 0.717) is 25.1 Å². The van der Waals surface area contributed by atoms with Gasteiger partial charge in [-0.25, -0.2) is 18.2 Å². The number of amides is 1. The van der Waals surface area contributed by atoms with Crippen molar-refractivity contribution in [2.75, 3.05) is 25.5 Å². The van der Waals surface area contributed by atoms with E-state index in [1.807, 2.05) is 35.0 Å². The molecule has 0 unspecified atom stereocenters. The highest BCUT2D eigenvalue weighted by atomic mass is 32.2. The Morgan fingerprint density at radius 1 is 1.12 bits per heavy atom. The van der Waals surface area contributed by atoms with E-state index in [2.05, 4.69) is 10.3 Å². The van der Waals surface area contributed by atoms with Gasteiger partial charge in [-0.2, -0.15) is 4.31 Å². The third-order valence-corrected chi connectivity index (χ3v) is 7.81. The minimum Gasteiger partial charge on any atom is -0.465 e. The lowest BCUT2D eigenvalue weighted by Crippen LogP contribution is -2.41. The lowest BCUT2D eigenvalue weighted by atomic mass is 9.97. The van der Waals surface area contributed by atoms with Crippen molar-refractivity contribution in [1.82, 2.24) is 13.9 Å². The summed E-state index contributed by atoms with van der Waals surface area (Å²) >= 11 is 0. The van der Waals surface area contributed by atoms with E-state index < -0.39 is 16.0 Å². The Morgan fingerprint density at radius 2 is 1.88 bits per heavy atom. The Bertz CT molecular complexity index is 1270. The predicted octanol–water partition coefficient (Wildman–Crippen LogP) is 2.76. The van der Waals surface area contributed by atoms with Gasteiger partial charge < -0.3 is 14.6 Å². The third-order valence-electron chi connectivity index (χ3n) is 5.85. The number of esters is 1. The molecule has 0 atom stereocenters. The number of carbonyl (C=O) groups excluding carboxylic acids is 2. The highest BCUT2D eigenvalue weighted by molar-refractivity contribution is 7.89. The van der Waals surface area contributed by atoms with Gasteiger partial charge in [-0.05, 0) is 42.7 Å². The zero-order chi connectivity index (χ0) is 24.1. The maximum atomic E-state index is 13.2. The summed E-state index contributed by atoms with van der Waals surface area (Å²) < 4.78 is 34.3. The largest absolute Gasteiger partial charge is 0.465 e. The van der Waals surface area contributed by atoms with Crippen LogP contribution in [0, 0.1) is 5.92 Å². The van der Waals surface area contributed by atoms with Crippen molar-refractivity contribution in [2.45, 2.75) is 24.3 Å². The summed E-state index contributed by atoms with van der Waals surface area (Å²) in [7, 11) is -2.68. The van der Waals surface area contributed by atoms with E-state index in [4.69, 9.17) is 4.74 Å². The number of benzene rings is 2. The van der Waals surface area contributed by atoms with E-state index in [0.717, 1.165) is 5.56 Å². The first-order valence-corrected chi connectivity index (χ1v) is 12.4. The van der Waals surface area contributed by atoms with Gasteiger partial charge in [-0.1, -0.05) is 24.3 Å². The van der Waals surface area contributed by atoms with E-state index in [1.54, 1.807) is 24.7 Å². The summed E-state index contributed by atoms with van der Waals surface area (Å²) in [5, 5.41) is 2.96. The Kier molecular flexibility index (Phi) is 7.09. The molecule has 0 aliphatic carbocycles. The first-order valence-electron chi connectivity index (χ1n) is 10.9. The van der Waals surface area contributed by atoms with Crippen LogP contribution in [0.1, 0.15) is 28.8 Å². The Labute approximate surface area is 198 Å². The standard InChI is InChI=1S/C24H26N4O5S/c1-33-24(30)21-7-2-3-8-22(21)34(31,32)28-12-9-19(10-13-28)23(29)26-20-6-4-5-18(15-20)16-27-14-11-25-17-27/h2-8,11,14-15,17,19H,9-10,12-13,16H2,1H3,(H,26,29). The number of nitrogens with one attached hydrogen (secondary N) is 1. The first-order chi connectivity index (χ1) is 16.4. The third kappa shape index (κ3) is 5.18. The number of piperidine rings is 1. The summed E-state index contributed by atoms with van der Waals surface area (Å²) in [4.78, 5) is 28.8. The molecule has 1 aromatic heterocycles. The maximum absolute atomic E-state index is 13.2. The molecule has 178 valence electrons. The number of methoxy groups -OCH3 is 1. The van der Waals surface area contributed by atoms with Gasteiger partial charge in [0.2, 0.25) is 15.9 Å². The number of carbonyl (C=O) groups is 2. The highest BCUT2D eigenvalue weighted by Crippen LogP contribution is 2.27. The Hall–Kier alpha value is -3.50. The van der Waals surface area contributed by atoms with Crippen molar-refractivity contribution in [1.29, 1.82) is 0 Å². The van der Waals surface area contributed by atoms with Gasteiger partial charge in [0.1, 0.15) is 0 Å². The quantitative estimate of drug-likeness (QED) is 0.519. The number of anilines is 1. The number of nitrogens with zero attached hydrogens (tertiary/aromatic N) is 3. The van der Waals surface area contributed by atoms with Crippen molar-refractivity contribution in [2.24, 2.45) is 5.92 Å². The summed E-state index contributed by atoms with van der Waals surface area (Å²) in [6.45, 7) is 1.03. The fourth-order valence-corrected chi connectivity index (χ4v) is 5.70. The van der Waals surface area contributed by atoms with Gasteiger partial charge in [-0.15, -0.1) is 0 Å². The molecular formula is C24H26N4O5S. The molecule has 1 amide bonds. The van der Waals surface area contributed by atoms with Crippen LogP contribution < -0.4 is 5.32 Å². The predicted molar refractivity (Wildman–Crippen MR) is 126 cm³/mol. The minimum atomic E-state index is -3.89. The molecule has 3 aromatic rings. The monoisotopic (exact) mass is 482 g/mol. The molecule has 0 bridgehead atoms. The van der Waals surface area contributed by atoms with Crippen molar-refractivity contribution < 1.29 is 22.7 Å². The number of aromatic nitrogens is 2. The molecule has 1 fully saturated rings. The van der Waals surface area contributed by atoms with Crippen LogP contribution in [-0.2, 0) is 26.1 Å². The Balaban J connectivity index is 1.38. The fraction of sp³-hybridized carbons (Fsp3) is 0.292. The fourth-order valence-electron chi connectivity index (χ4n) is 4.05. The van der Waals surface area contributed by atoms with Crippen molar-refractivity contribution in [3.8, 4) is 0 Å². The molecule has 0 radical (unpaired) electrons. The van der Waals surface area contributed by atoms with Gasteiger partial charge in [-0.3, -0.25) is 4.79 Å². The molecule has 34 heavy (non-hydrogen) atoms. The highest BCUT2D eigenvalue weighted by Gasteiger charge is 2.34. The van der Waals surface area contributed by atoms with E-state index >= 15 is 0 Å². The maximum Gasteiger partial charge on any atom is 0.339 e. The molecule has 2 aromatic carbocycles. The SMILES string of the molecule is COC(=O)c1ccccc1S(=O)(=O)N1CCC(C(=O)Nc2cccc(Cn3ccnc3)c2)CC1. The minimum absolute atomic E-state index is 0.000409. The molecule has 4 rings (SSSR count). The zero-order valence-corrected chi connectivity index (χ0v) is 19.6. The lowest BCUT2D eigenvalue weighted by molar-refractivity contribution is -0.120. The van der Waals surface area contributed by atoms with E-state index in [9.17, 15) is 18.0 Å². The average molecular weight is 483 g/mol. The number of rotatable bonds is 7. The molecule has 0 saturated carbocycles. The smallest absolute Gasteiger partial charge is 0.339 e. The molecule has 1 aliphatic rings. The molecule has 2 heterocycles. The van der Waals surface area contributed by atoms with Crippen molar-refractivity contribution in [3.05, 3.63) is 78.4 Å². The summed E-state index contributed by atoms with van der Waals surface area (Å²) in [6.07, 6.45) is 6.10. The topological polar surface area (TPSA) is 111 Å². The van der Waals surface area contributed by atoms with Crippen molar-refractivity contribution >= 4 is 27.6 Å². The lowest BCUT2D eigenvalue weighted by Gasteiger charge is -2.31. The molecule has 0 spiro atoms. The first kappa shape index (κ1) is 23.7. The van der Waals surface area contributed by atoms with E-state index in [1.165, 1.54) is 23.5 Å². The average Bonchev–Trinajstić information content (AvgIpc) is 3.37. The van der Waals surface area contributed by atoms with Crippen LogP contribution in [0.2, 0.25) is 0 Å². The molecule has 1 N–H and O–H groups in total. The second kappa shape index (κ2) is 10.2. The zero-order valence-electron chi connectivity index (χ0n) is 18.8. The van der Waals surface area contributed by atoms with E-state index in [-0.39, 0.29) is 35.4 Å². The van der Waals surface area contributed by atoms with Gasteiger partial charge in [0.15, 0.2) is 0 Å². The second-order valence-electron chi connectivity index (χ2n) is 8.09. The van der Waals surface area contributed by atoms with Crippen LogP contribution in [0.25, 0.3) is 0 Å². The Morgan fingerprint density at radius 3 is 2.59 bits per heavy atom. The molecular weight excluding hydrogens is 456 g/mol. The summed E-state index contributed by atoms with van der Waals surface area (Å²) in [5.74, 6) is -1.14. The molecule has 9 nitrogen and oxygen atoms in total. The van der Waals surface area contributed by atoms with Gasteiger partial charge >= 0.3 is 5.97 Å². The number of imidazole rings is 1. The number of hydrogen-bond donors (Lipinski definition) is 1. The summed E-state index contributed by atoms with van der Waals surface area (Å²) in [6, 6.07) is 13.6. The van der Waals surface area contributed by atoms with Crippen LogP contribution >= 0.6 is 0 Å². The van der Waals surface area contributed by atoms with Crippen LogP contribution in [0.3, 0.4) is 0 Å². The van der Waals surface area contributed by atoms with Crippen LogP contribution in [0.15, 0.2) is 72.1 Å². The second-order valence-corrected chi connectivity index (χ2v) is 10.00. The van der Waals surface area contributed by atoms with Crippen LogP contribution in [0.5, 0.6) is 0 Å². The number of hydrogen-bond acceptors (Lipinski definition) is 6. The molecule has 1 saturated heterocycles. The van der Waals surface area contributed by atoms with Crippen LogP contribution in [-0.4, -0.2) is 54.3 Å². The van der Waals surface area contributed by atoms with Gasteiger partial charge in [0.25, 0.3) is 0 Å². The van der Waals surface area contributed by atoms with Crippen molar-refractivity contribution in [3.63, 3.8) is 0 Å².